The highest BCUT2D eigenvalue weighted by Crippen LogP contribution is 2.15. The monoisotopic (exact) mass is 217 g/mol. The van der Waals surface area contributed by atoms with Gasteiger partial charge in [0.1, 0.15) is 0 Å². The van der Waals surface area contributed by atoms with Crippen LogP contribution in [0.2, 0.25) is 0 Å². The zero-order valence-electron chi connectivity index (χ0n) is 11.1. The lowest BCUT2D eigenvalue weighted by Crippen LogP contribution is -2.47. The smallest absolute Gasteiger partial charge is 0.0766 e. The van der Waals surface area contributed by atoms with Crippen LogP contribution in [0.4, 0.5) is 0 Å². The molecule has 1 unspecified atom stereocenters. The summed E-state index contributed by atoms with van der Waals surface area (Å²) in [6.07, 6.45) is 0. The van der Waals surface area contributed by atoms with E-state index >= 15 is 0 Å². The molecule has 0 heterocycles. The van der Waals surface area contributed by atoms with Gasteiger partial charge < -0.3 is 15.2 Å². The third-order valence-electron chi connectivity index (χ3n) is 2.81. The molecule has 0 fully saturated rings. The fraction of sp³-hybridized carbons (Fsp3) is 1.00. The second kappa shape index (κ2) is 5.83. The van der Waals surface area contributed by atoms with Crippen LogP contribution in [0.25, 0.3) is 0 Å². The molecule has 0 spiro atoms. The largest absolute Gasteiger partial charge is 0.389 e. The lowest BCUT2D eigenvalue weighted by Gasteiger charge is -2.31. The van der Waals surface area contributed by atoms with Gasteiger partial charge in [-0.2, -0.15) is 0 Å². The number of hydrogen-bond donors (Lipinski definition) is 2. The van der Waals surface area contributed by atoms with Gasteiger partial charge in [0.05, 0.1) is 11.2 Å². The lowest BCUT2D eigenvalue weighted by atomic mass is 9.92. The Hall–Kier alpha value is -0.120. The number of aliphatic hydroxyl groups is 1. The Balaban J connectivity index is 3.88. The molecule has 0 radical (unpaired) electrons. The van der Waals surface area contributed by atoms with Gasteiger partial charge in [-0.05, 0) is 33.6 Å². The molecule has 1 atom stereocenters. The summed E-state index contributed by atoms with van der Waals surface area (Å²) in [5.74, 6) is 0.250. The zero-order valence-corrected chi connectivity index (χ0v) is 11.1. The maximum absolute atomic E-state index is 10.0. The van der Waals surface area contributed by atoms with Crippen molar-refractivity contribution >= 4 is 0 Å². The highest BCUT2D eigenvalue weighted by Gasteiger charge is 2.25. The molecule has 0 aromatic rings. The van der Waals surface area contributed by atoms with E-state index in [1.165, 1.54) is 0 Å². The molecule has 2 N–H and O–H groups in total. The number of nitrogens with one attached hydrogen (secondary N) is 1. The summed E-state index contributed by atoms with van der Waals surface area (Å²) in [6.45, 7) is 14.1. The first-order valence-electron chi connectivity index (χ1n) is 5.78. The summed E-state index contributed by atoms with van der Waals surface area (Å²) >= 11 is 0. The zero-order chi connectivity index (χ0) is 12.1. The first-order valence-corrected chi connectivity index (χ1v) is 5.78. The Morgan fingerprint density at radius 3 is 2.13 bits per heavy atom. The van der Waals surface area contributed by atoms with Gasteiger partial charge in [0.2, 0.25) is 0 Å². The fourth-order valence-electron chi connectivity index (χ4n) is 1.26. The molecular weight excluding hydrogens is 190 g/mol. The summed E-state index contributed by atoms with van der Waals surface area (Å²) in [6, 6.07) is 0. The minimum atomic E-state index is -0.651. The molecule has 92 valence electrons. The van der Waals surface area contributed by atoms with Gasteiger partial charge in [-0.25, -0.2) is 0 Å². The second-order valence-corrected chi connectivity index (χ2v) is 5.31. The number of hydrogen-bond acceptors (Lipinski definition) is 3. The molecule has 0 aromatic carbocycles. The Morgan fingerprint density at radius 1 is 1.20 bits per heavy atom. The highest BCUT2D eigenvalue weighted by atomic mass is 16.5. The van der Waals surface area contributed by atoms with Crippen molar-refractivity contribution in [2.75, 3.05) is 19.7 Å². The first-order chi connectivity index (χ1) is 6.71. The fourth-order valence-corrected chi connectivity index (χ4v) is 1.26. The van der Waals surface area contributed by atoms with Crippen molar-refractivity contribution in [3.63, 3.8) is 0 Å². The van der Waals surface area contributed by atoms with Crippen LogP contribution >= 0.6 is 0 Å². The van der Waals surface area contributed by atoms with Crippen molar-refractivity contribution in [1.82, 2.24) is 5.32 Å². The van der Waals surface area contributed by atoms with Crippen molar-refractivity contribution in [1.29, 1.82) is 0 Å². The van der Waals surface area contributed by atoms with E-state index in [4.69, 9.17) is 4.74 Å². The highest BCUT2D eigenvalue weighted by molar-refractivity contribution is 4.81. The molecule has 0 rings (SSSR count). The van der Waals surface area contributed by atoms with Crippen molar-refractivity contribution in [3.05, 3.63) is 0 Å². The molecule has 0 saturated carbocycles. The van der Waals surface area contributed by atoms with Crippen molar-refractivity contribution in [2.24, 2.45) is 5.92 Å². The van der Waals surface area contributed by atoms with Crippen LogP contribution in [0, 0.1) is 5.92 Å². The summed E-state index contributed by atoms with van der Waals surface area (Å²) < 4.78 is 5.56. The van der Waals surface area contributed by atoms with Crippen LogP contribution in [0.15, 0.2) is 0 Å². The maximum atomic E-state index is 10.0. The van der Waals surface area contributed by atoms with Crippen LogP contribution in [0.3, 0.4) is 0 Å². The third-order valence-corrected chi connectivity index (χ3v) is 2.81. The topological polar surface area (TPSA) is 41.5 Å². The van der Waals surface area contributed by atoms with E-state index in [2.05, 4.69) is 5.32 Å². The van der Waals surface area contributed by atoms with Crippen molar-refractivity contribution in [2.45, 2.75) is 52.7 Å². The van der Waals surface area contributed by atoms with Gasteiger partial charge in [-0.3, -0.25) is 0 Å². The van der Waals surface area contributed by atoms with E-state index in [0.717, 1.165) is 13.2 Å². The third kappa shape index (κ3) is 6.13. The van der Waals surface area contributed by atoms with Gasteiger partial charge in [0.15, 0.2) is 0 Å². The number of rotatable bonds is 7. The normalized spacial score (nSPS) is 16.8. The molecule has 0 saturated heterocycles. The minimum absolute atomic E-state index is 0.165. The summed E-state index contributed by atoms with van der Waals surface area (Å²) in [5, 5.41) is 13.3. The quantitative estimate of drug-likeness (QED) is 0.683. The summed E-state index contributed by atoms with van der Waals surface area (Å²) in [5.41, 5.74) is -0.815. The standard InChI is InChI=1S/C12H27NO2/c1-7-15-11(4,5)8-13-9-12(6,14)10(2)3/h10,13-14H,7-9H2,1-6H3. The molecule has 0 aliphatic carbocycles. The average Bonchev–Trinajstić information content (AvgIpc) is 2.02. The van der Waals surface area contributed by atoms with Crippen LogP contribution in [-0.2, 0) is 4.74 Å². The predicted octanol–water partition coefficient (Wildman–Crippen LogP) is 1.80. The Morgan fingerprint density at radius 2 is 1.73 bits per heavy atom. The lowest BCUT2D eigenvalue weighted by molar-refractivity contribution is -0.0215. The number of ether oxygens (including phenoxy) is 1. The van der Waals surface area contributed by atoms with Gasteiger partial charge in [0, 0.05) is 19.7 Å². The van der Waals surface area contributed by atoms with Gasteiger partial charge >= 0.3 is 0 Å². The first kappa shape index (κ1) is 14.9. The Labute approximate surface area is 94.2 Å². The molecule has 3 nitrogen and oxygen atoms in total. The molecular formula is C12H27NO2. The van der Waals surface area contributed by atoms with Crippen molar-refractivity contribution < 1.29 is 9.84 Å². The molecule has 0 aromatic heterocycles. The maximum Gasteiger partial charge on any atom is 0.0766 e. The second-order valence-electron chi connectivity index (χ2n) is 5.31. The molecule has 0 aliphatic heterocycles. The van der Waals surface area contributed by atoms with E-state index in [1.54, 1.807) is 0 Å². The SMILES string of the molecule is CCOC(C)(C)CNCC(C)(O)C(C)C. The molecule has 0 bridgehead atoms. The van der Waals surface area contributed by atoms with Crippen molar-refractivity contribution in [3.8, 4) is 0 Å². The van der Waals surface area contributed by atoms with Crippen LogP contribution in [0.5, 0.6) is 0 Å². The van der Waals surface area contributed by atoms with Gasteiger partial charge in [-0.1, -0.05) is 13.8 Å². The van der Waals surface area contributed by atoms with Gasteiger partial charge in [-0.15, -0.1) is 0 Å². The summed E-state index contributed by atoms with van der Waals surface area (Å²) in [4.78, 5) is 0. The molecule has 3 heteroatoms. The van der Waals surface area contributed by atoms with Crippen LogP contribution in [0.1, 0.15) is 41.5 Å². The van der Waals surface area contributed by atoms with Gasteiger partial charge in [0.25, 0.3) is 0 Å². The van der Waals surface area contributed by atoms with E-state index in [1.807, 2.05) is 41.5 Å². The Kier molecular flexibility index (Phi) is 5.78. The van der Waals surface area contributed by atoms with E-state index in [9.17, 15) is 5.11 Å². The van der Waals surface area contributed by atoms with E-state index in [0.29, 0.717) is 6.54 Å². The summed E-state index contributed by atoms with van der Waals surface area (Å²) in [7, 11) is 0. The molecule has 0 aliphatic rings. The average molecular weight is 217 g/mol. The van der Waals surface area contributed by atoms with Crippen LogP contribution in [-0.4, -0.2) is 36.0 Å². The minimum Gasteiger partial charge on any atom is -0.389 e. The Bertz CT molecular complexity index is 176. The van der Waals surface area contributed by atoms with Crippen LogP contribution < -0.4 is 5.32 Å². The molecule has 15 heavy (non-hydrogen) atoms. The van der Waals surface area contributed by atoms with E-state index in [-0.39, 0.29) is 11.5 Å². The van der Waals surface area contributed by atoms with E-state index < -0.39 is 5.60 Å². The molecule has 0 amide bonds. The predicted molar refractivity (Wildman–Crippen MR) is 64.0 cm³/mol.